The fourth-order valence-corrected chi connectivity index (χ4v) is 5.56. The molecule has 0 saturated heterocycles. The molecule has 2 aromatic rings. The summed E-state index contributed by atoms with van der Waals surface area (Å²) in [6.07, 6.45) is 1.05. The molecule has 2 aromatic carbocycles. The zero-order valence-corrected chi connectivity index (χ0v) is 18.1. The molecule has 2 rings (SSSR count). The van der Waals surface area contributed by atoms with Gasteiger partial charge in [0.2, 0.25) is 0 Å². The molecule has 0 unspecified atom stereocenters. The molecule has 0 spiro atoms. The van der Waals surface area contributed by atoms with Crippen LogP contribution >= 0.6 is 0 Å². The van der Waals surface area contributed by atoms with Crippen molar-refractivity contribution < 1.29 is 13.6 Å². The van der Waals surface area contributed by atoms with Crippen LogP contribution < -0.4 is 4.74 Å². The highest BCUT2D eigenvalue weighted by atomic mass is 28.3. The first-order valence-electron chi connectivity index (χ1n) is 9.07. The number of benzene rings is 2. The number of ketones is 1. The van der Waals surface area contributed by atoms with Gasteiger partial charge >= 0.3 is 0 Å². The summed E-state index contributed by atoms with van der Waals surface area (Å²) in [5.41, 5.74) is 1.40. The first-order valence-corrected chi connectivity index (χ1v) is 12.2. The van der Waals surface area contributed by atoms with Crippen molar-refractivity contribution in [3.63, 3.8) is 0 Å². The molecule has 25 heavy (non-hydrogen) atoms. The molecular weight excluding hydrogens is 344 g/mol. The van der Waals surface area contributed by atoms with Gasteiger partial charge in [-0.3, -0.25) is 4.79 Å². The Labute approximate surface area is 155 Å². The monoisotopic (exact) mass is 372 g/mol. The van der Waals surface area contributed by atoms with E-state index in [1.165, 1.54) is 12.1 Å². The highest BCUT2D eigenvalue weighted by Crippen LogP contribution is 2.16. The standard InChI is InChI=1S/C20H28O3Si2/c1-16(2)15-25-23-24-14-6-13-22-19-11-9-18(10-12-19)20(21)17-7-4-3-5-8-17/h3-5,7-12,16H,6,13-15,24-25H2,1-2H3. The van der Waals surface area contributed by atoms with E-state index in [-0.39, 0.29) is 25.3 Å². The van der Waals surface area contributed by atoms with Crippen molar-refractivity contribution in [1.29, 1.82) is 0 Å². The van der Waals surface area contributed by atoms with Gasteiger partial charge < -0.3 is 8.85 Å². The Hall–Kier alpha value is -1.70. The highest BCUT2D eigenvalue weighted by Gasteiger charge is 2.08. The Bertz CT molecular complexity index is 627. The molecule has 0 saturated carbocycles. The van der Waals surface area contributed by atoms with E-state index in [4.69, 9.17) is 8.85 Å². The van der Waals surface area contributed by atoms with Crippen molar-refractivity contribution >= 4 is 25.3 Å². The van der Waals surface area contributed by atoms with Crippen LogP contribution in [0.2, 0.25) is 12.1 Å². The number of ether oxygens (including phenoxy) is 1. The topological polar surface area (TPSA) is 35.5 Å². The fraction of sp³-hybridized carbons (Fsp3) is 0.350. The summed E-state index contributed by atoms with van der Waals surface area (Å²) >= 11 is 0. The predicted octanol–water partition coefficient (Wildman–Crippen LogP) is 3.36. The van der Waals surface area contributed by atoms with E-state index >= 15 is 0 Å². The predicted molar refractivity (Wildman–Crippen MR) is 109 cm³/mol. The molecule has 0 aliphatic heterocycles. The second-order valence-electron chi connectivity index (χ2n) is 6.57. The van der Waals surface area contributed by atoms with E-state index in [2.05, 4.69) is 13.8 Å². The lowest BCUT2D eigenvalue weighted by Crippen LogP contribution is -2.07. The van der Waals surface area contributed by atoms with Gasteiger partial charge in [0.05, 0.1) is 6.61 Å². The summed E-state index contributed by atoms with van der Waals surface area (Å²) in [6, 6.07) is 19.2. The quantitative estimate of drug-likeness (QED) is 0.345. The zero-order valence-electron chi connectivity index (χ0n) is 15.2. The van der Waals surface area contributed by atoms with Crippen LogP contribution in [-0.4, -0.2) is 31.9 Å². The molecule has 0 aliphatic rings. The second kappa shape index (κ2) is 11.0. The maximum atomic E-state index is 12.3. The molecule has 134 valence electrons. The number of rotatable bonds is 11. The molecule has 0 aliphatic carbocycles. The molecule has 3 nitrogen and oxygen atoms in total. The van der Waals surface area contributed by atoms with Crippen molar-refractivity contribution in [3.05, 3.63) is 65.7 Å². The summed E-state index contributed by atoms with van der Waals surface area (Å²) < 4.78 is 11.6. The normalized spacial score (nSPS) is 11.8. The Kier molecular flexibility index (Phi) is 8.65. The van der Waals surface area contributed by atoms with Crippen molar-refractivity contribution in [2.75, 3.05) is 6.61 Å². The van der Waals surface area contributed by atoms with E-state index in [0.29, 0.717) is 17.7 Å². The molecule has 0 N–H and O–H groups in total. The van der Waals surface area contributed by atoms with Crippen LogP contribution in [0, 0.1) is 5.92 Å². The smallest absolute Gasteiger partial charge is 0.193 e. The third-order valence-corrected chi connectivity index (χ3v) is 8.43. The van der Waals surface area contributed by atoms with E-state index in [1.807, 2.05) is 54.6 Å². The first-order chi connectivity index (χ1) is 12.2. The number of carbonyl (C=O) groups excluding carboxylic acids is 1. The lowest BCUT2D eigenvalue weighted by atomic mass is 10.0. The lowest BCUT2D eigenvalue weighted by molar-refractivity contribution is 0.103. The average Bonchev–Trinajstić information content (AvgIpc) is 2.64. The summed E-state index contributed by atoms with van der Waals surface area (Å²) in [7, 11) is -0.609. The Balaban J connectivity index is 1.66. The molecule has 0 amide bonds. The molecule has 0 fully saturated rings. The molecule has 0 heterocycles. The Morgan fingerprint density at radius 3 is 2.32 bits per heavy atom. The summed E-state index contributed by atoms with van der Waals surface area (Å²) in [6.45, 7) is 5.23. The molecule has 0 radical (unpaired) electrons. The SMILES string of the molecule is CC(C)C[SiH2]O[SiH2]CCCOc1ccc(C(=O)c2ccccc2)cc1. The summed E-state index contributed by atoms with van der Waals surface area (Å²) in [5, 5.41) is 0. The number of hydrogen-bond acceptors (Lipinski definition) is 3. The van der Waals surface area contributed by atoms with Crippen LogP contribution in [0.1, 0.15) is 36.2 Å². The molecular formula is C20H28O3Si2. The van der Waals surface area contributed by atoms with Crippen molar-refractivity contribution in [1.82, 2.24) is 0 Å². The number of carbonyl (C=O) groups is 1. The van der Waals surface area contributed by atoms with E-state index in [9.17, 15) is 4.79 Å². The van der Waals surface area contributed by atoms with Gasteiger partial charge in [-0.1, -0.05) is 44.2 Å². The third kappa shape index (κ3) is 7.38. The van der Waals surface area contributed by atoms with Crippen LogP contribution in [0.3, 0.4) is 0 Å². The van der Waals surface area contributed by atoms with Gasteiger partial charge in [0.1, 0.15) is 25.3 Å². The van der Waals surface area contributed by atoms with Gasteiger partial charge in [0.15, 0.2) is 5.78 Å². The fourth-order valence-electron chi connectivity index (χ4n) is 2.38. The van der Waals surface area contributed by atoms with Crippen LogP contribution in [0.4, 0.5) is 0 Å². The molecule has 5 heteroatoms. The van der Waals surface area contributed by atoms with Gasteiger partial charge in [-0.25, -0.2) is 0 Å². The molecule has 0 atom stereocenters. The van der Waals surface area contributed by atoms with Gasteiger partial charge in [0.25, 0.3) is 0 Å². The zero-order chi connectivity index (χ0) is 17.9. The van der Waals surface area contributed by atoms with Crippen LogP contribution in [0.15, 0.2) is 54.6 Å². The lowest BCUT2D eigenvalue weighted by Gasteiger charge is -2.08. The molecule has 0 aromatic heterocycles. The van der Waals surface area contributed by atoms with Crippen LogP contribution in [0.25, 0.3) is 0 Å². The minimum Gasteiger partial charge on any atom is -0.494 e. The maximum absolute atomic E-state index is 12.3. The minimum absolute atomic E-state index is 0.0425. The average molecular weight is 373 g/mol. The summed E-state index contributed by atoms with van der Waals surface area (Å²) in [4.78, 5) is 12.3. The van der Waals surface area contributed by atoms with Crippen LogP contribution in [0.5, 0.6) is 5.75 Å². The van der Waals surface area contributed by atoms with E-state index in [0.717, 1.165) is 18.1 Å². The van der Waals surface area contributed by atoms with Gasteiger partial charge in [-0.2, -0.15) is 0 Å². The third-order valence-electron chi connectivity index (χ3n) is 3.94. The first kappa shape index (κ1) is 19.6. The van der Waals surface area contributed by atoms with Gasteiger partial charge in [-0.15, -0.1) is 0 Å². The maximum Gasteiger partial charge on any atom is 0.193 e. The van der Waals surface area contributed by atoms with Crippen LogP contribution in [-0.2, 0) is 4.12 Å². The van der Waals surface area contributed by atoms with Crippen molar-refractivity contribution in [3.8, 4) is 5.75 Å². The summed E-state index contributed by atoms with van der Waals surface area (Å²) in [5.74, 6) is 1.64. The van der Waals surface area contributed by atoms with E-state index in [1.54, 1.807) is 0 Å². The van der Waals surface area contributed by atoms with Gasteiger partial charge in [0, 0.05) is 11.1 Å². The Morgan fingerprint density at radius 1 is 0.960 bits per heavy atom. The second-order valence-corrected chi connectivity index (χ2v) is 10.3. The van der Waals surface area contributed by atoms with Crippen molar-refractivity contribution in [2.24, 2.45) is 5.92 Å². The number of hydrogen-bond donors (Lipinski definition) is 0. The highest BCUT2D eigenvalue weighted by molar-refractivity contribution is 6.42. The van der Waals surface area contributed by atoms with Gasteiger partial charge in [-0.05, 0) is 48.7 Å². The minimum atomic E-state index is -0.342. The van der Waals surface area contributed by atoms with Crippen molar-refractivity contribution in [2.45, 2.75) is 32.4 Å². The molecule has 0 bridgehead atoms. The largest absolute Gasteiger partial charge is 0.494 e. The van der Waals surface area contributed by atoms with E-state index < -0.39 is 0 Å². The Morgan fingerprint density at radius 2 is 1.64 bits per heavy atom.